The van der Waals surface area contributed by atoms with Crippen LogP contribution in [0.25, 0.3) is 11.3 Å². The molecule has 0 amide bonds. The molecule has 0 aliphatic carbocycles. The van der Waals surface area contributed by atoms with Crippen LogP contribution in [0.4, 0.5) is 0 Å². The Morgan fingerprint density at radius 3 is 2.17 bits per heavy atom. The highest BCUT2D eigenvalue weighted by Gasteiger charge is 2.27. The molecule has 0 radical (unpaired) electrons. The molecule has 0 saturated carbocycles. The number of benzene rings is 2. The summed E-state index contributed by atoms with van der Waals surface area (Å²) in [5, 5.41) is 18.9. The largest absolute Gasteiger partial charge is 0.394 e. The first-order valence-corrected chi connectivity index (χ1v) is 10.8. The van der Waals surface area contributed by atoms with Gasteiger partial charge >= 0.3 is 0 Å². The third kappa shape index (κ3) is 5.62. The van der Waals surface area contributed by atoms with Crippen LogP contribution in [0.2, 0.25) is 0 Å². The summed E-state index contributed by atoms with van der Waals surface area (Å²) in [7, 11) is 0. The van der Waals surface area contributed by atoms with Crippen LogP contribution >= 0.6 is 23.5 Å². The minimum Gasteiger partial charge on any atom is -0.394 e. The van der Waals surface area contributed by atoms with Crippen molar-refractivity contribution < 1.29 is 10.2 Å². The molecule has 0 fully saturated rings. The summed E-state index contributed by atoms with van der Waals surface area (Å²) in [5.41, 5.74) is 2.44. The number of aromatic amines is 1. The molecular weight excluding hydrogens is 406 g/mol. The number of hydrogen-bond acceptors (Lipinski definition) is 5. The molecule has 0 aliphatic heterocycles. The second-order valence-electron chi connectivity index (χ2n) is 7.06. The molecule has 1 heterocycles. The highest BCUT2D eigenvalue weighted by Crippen LogP contribution is 2.30. The summed E-state index contributed by atoms with van der Waals surface area (Å²) in [6.45, 7) is 1.66. The minimum atomic E-state index is -0.858. The van der Waals surface area contributed by atoms with Crippen LogP contribution in [0.5, 0.6) is 0 Å². The summed E-state index contributed by atoms with van der Waals surface area (Å²) >= 11 is 7.39. The second-order valence-corrected chi connectivity index (χ2v) is 8.39. The number of aliphatic hydroxyl groups excluding tert-OH is 2. The highest BCUT2D eigenvalue weighted by molar-refractivity contribution is 7.99. The summed E-state index contributed by atoms with van der Waals surface area (Å²) in [5.74, 6) is 0.996. The number of hydrogen-bond donors (Lipinski definition) is 4. The molecule has 0 spiro atoms. The van der Waals surface area contributed by atoms with E-state index in [0.717, 1.165) is 34.0 Å². The molecule has 4 N–H and O–H groups in total. The van der Waals surface area contributed by atoms with Crippen molar-refractivity contribution in [2.24, 2.45) is 0 Å². The molecule has 154 valence electrons. The molecule has 0 bridgehead atoms. The molecule has 1 aromatic heterocycles. The van der Waals surface area contributed by atoms with Gasteiger partial charge in [-0.15, -0.1) is 0 Å². The molecule has 3 aromatic rings. The van der Waals surface area contributed by atoms with E-state index >= 15 is 0 Å². The fourth-order valence-electron chi connectivity index (χ4n) is 2.95. The number of rotatable bonds is 10. The van der Waals surface area contributed by atoms with Gasteiger partial charge in [-0.2, -0.15) is 0 Å². The van der Waals surface area contributed by atoms with E-state index < -0.39 is 5.54 Å². The van der Waals surface area contributed by atoms with Crippen LogP contribution in [0.1, 0.15) is 24.7 Å². The van der Waals surface area contributed by atoms with Crippen molar-refractivity contribution in [3.63, 3.8) is 0 Å². The fraction of sp³-hybridized carbons (Fsp3) is 0.318. The molecule has 0 atom stereocenters. The summed E-state index contributed by atoms with van der Waals surface area (Å²) in [4.78, 5) is 12.5. The number of aliphatic hydroxyl groups is 2. The van der Waals surface area contributed by atoms with Gasteiger partial charge in [0.15, 0.2) is 0 Å². The summed E-state index contributed by atoms with van der Waals surface area (Å²) < 4.78 is 0. The number of nitrogens with zero attached hydrogens (tertiary/aromatic N) is 1. The van der Waals surface area contributed by atoms with Crippen LogP contribution in [-0.4, -0.2) is 38.9 Å². The maximum absolute atomic E-state index is 9.45. The predicted octanol–water partition coefficient (Wildman–Crippen LogP) is 4.19. The van der Waals surface area contributed by atoms with Gasteiger partial charge in [-0.3, -0.25) is 0 Å². The lowest BCUT2D eigenvalue weighted by Gasteiger charge is -2.27. The number of aryl methyl sites for hydroxylation is 2. The van der Waals surface area contributed by atoms with Crippen molar-refractivity contribution in [3.8, 4) is 11.3 Å². The molecule has 29 heavy (non-hydrogen) atoms. The first kappa shape index (κ1) is 21.9. The van der Waals surface area contributed by atoms with Gasteiger partial charge in [-0.05, 0) is 60.0 Å². The van der Waals surface area contributed by atoms with Crippen molar-refractivity contribution in [2.45, 2.75) is 41.5 Å². The normalized spacial score (nSPS) is 11.7. The highest BCUT2D eigenvalue weighted by atomic mass is 35.5. The van der Waals surface area contributed by atoms with Gasteiger partial charge < -0.3 is 15.2 Å². The average molecular weight is 432 g/mol. The number of halogens is 1. The number of nitrogens with one attached hydrogen (secondary N) is 2. The summed E-state index contributed by atoms with van der Waals surface area (Å²) in [6.07, 6.45) is 4.03. The Bertz CT molecular complexity index is 885. The molecule has 2 aromatic carbocycles. The molecule has 7 heteroatoms. The van der Waals surface area contributed by atoms with Crippen LogP contribution in [0, 0.1) is 0 Å². The molecule has 5 nitrogen and oxygen atoms in total. The zero-order chi connectivity index (χ0) is 20.7. The van der Waals surface area contributed by atoms with E-state index in [1.54, 1.807) is 11.8 Å². The van der Waals surface area contributed by atoms with Crippen molar-refractivity contribution in [1.82, 2.24) is 14.8 Å². The average Bonchev–Trinajstić information content (AvgIpc) is 3.26. The SMILES string of the molecule is CCc1ncc(-c2ccc(Sc3ccc(CCC(CO)(CO)NCl)cc3)cc2)[nH]1. The Hall–Kier alpha value is -1.83. The van der Waals surface area contributed by atoms with Gasteiger partial charge in [0, 0.05) is 16.2 Å². The standard InChI is InChI=1S/C22H26ClN3O2S/c1-2-21-24-13-20(25-21)17-5-9-19(10-6-17)29-18-7-3-16(4-8-18)11-12-22(14-27,15-28)26-23/h3-10,13,26-28H,2,11-12,14-15H2,1H3,(H,24,25). The van der Waals surface area contributed by atoms with Crippen LogP contribution in [-0.2, 0) is 12.8 Å². The molecule has 0 saturated heterocycles. The zero-order valence-corrected chi connectivity index (χ0v) is 17.9. The van der Waals surface area contributed by atoms with E-state index in [9.17, 15) is 10.2 Å². The first-order valence-electron chi connectivity index (χ1n) is 9.62. The Morgan fingerprint density at radius 2 is 1.66 bits per heavy atom. The Balaban J connectivity index is 1.59. The Labute approximate surface area is 180 Å². The van der Waals surface area contributed by atoms with Gasteiger partial charge in [-0.1, -0.05) is 43.0 Å². The van der Waals surface area contributed by atoms with Gasteiger partial charge in [0.25, 0.3) is 0 Å². The van der Waals surface area contributed by atoms with Crippen molar-refractivity contribution in [2.75, 3.05) is 13.2 Å². The van der Waals surface area contributed by atoms with Gasteiger partial charge in [-0.25, -0.2) is 9.82 Å². The van der Waals surface area contributed by atoms with Crippen LogP contribution in [0.3, 0.4) is 0 Å². The van der Waals surface area contributed by atoms with E-state index in [-0.39, 0.29) is 13.2 Å². The van der Waals surface area contributed by atoms with Gasteiger partial charge in [0.1, 0.15) is 5.82 Å². The van der Waals surface area contributed by atoms with Crippen molar-refractivity contribution >= 4 is 23.5 Å². The smallest absolute Gasteiger partial charge is 0.106 e. The lowest BCUT2D eigenvalue weighted by atomic mass is 9.94. The molecule has 0 unspecified atom stereocenters. The maximum atomic E-state index is 9.45. The summed E-state index contributed by atoms with van der Waals surface area (Å²) in [6, 6.07) is 16.8. The number of aromatic nitrogens is 2. The van der Waals surface area contributed by atoms with Gasteiger partial charge in [0.2, 0.25) is 0 Å². The van der Waals surface area contributed by atoms with E-state index in [4.69, 9.17) is 11.8 Å². The van der Waals surface area contributed by atoms with Crippen LogP contribution in [0.15, 0.2) is 64.5 Å². The van der Waals surface area contributed by atoms with Crippen LogP contribution < -0.4 is 4.84 Å². The third-order valence-electron chi connectivity index (χ3n) is 4.99. The first-order chi connectivity index (χ1) is 14.1. The Kier molecular flexibility index (Phi) is 7.75. The molecule has 3 rings (SSSR count). The van der Waals surface area contributed by atoms with Crippen molar-refractivity contribution in [3.05, 3.63) is 66.1 Å². The maximum Gasteiger partial charge on any atom is 0.106 e. The topological polar surface area (TPSA) is 81.2 Å². The quantitative estimate of drug-likeness (QED) is 0.362. The fourth-order valence-corrected chi connectivity index (χ4v) is 3.98. The van der Waals surface area contributed by atoms with E-state index in [1.807, 2.05) is 6.20 Å². The monoisotopic (exact) mass is 431 g/mol. The second kappa shape index (κ2) is 10.3. The lowest BCUT2D eigenvalue weighted by Crippen LogP contribution is -2.47. The Morgan fingerprint density at radius 1 is 1.03 bits per heavy atom. The van der Waals surface area contributed by atoms with E-state index in [0.29, 0.717) is 12.8 Å². The predicted molar refractivity (Wildman–Crippen MR) is 118 cm³/mol. The van der Waals surface area contributed by atoms with Gasteiger partial charge in [0.05, 0.1) is 30.6 Å². The van der Waals surface area contributed by atoms with E-state index in [1.165, 1.54) is 4.90 Å². The van der Waals surface area contributed by atoms with Crippen molar-refractivity contribution in [1.29, 1.82) is 0 Å². The zero-order valence-electron chi connectivity index (χ0n) is 16.4. The number of H-pyrrole nitrogens is 1. The third-order valence-corrected chi connectivity index (χ3v) is 6.40. The number of imidazole rings is 1. The van der Waals surface area contributed by atoms with E-state index in [2.05, 4.69) is 70.3 Å². The molecular formula is C22H26ClN3O2S. The lowest BCUT2D eigenvalue weighted by molar-refractivity contribution is 0.103. The minimum absolute atomic E-state index is 0.213. The molecule has 0 aliphatic rings.